The Morgan fingerprint density at radius 1 is 1.11 bits per heavy atom. The van der Waals surface area contributed by atoms with Gasteiger partial charge in [-0.25, -0.2) is 23.7 Å². The number of carbonyl (C=O) groups is 1. The third-order valence-corrected chi connectivity index (χ3v) is 7.06. The summed E-state index contributed by atoms with van der Waals surface area (Å²) in [6.45, 7) is 0.234. The average molecular weight is 520 g/mol. The lowest BCUT2D eigenvalue weighted by molar-refractivity contribution is 0.0946. The number of rotatable bonds is 7. The minimum absolute atomic E-state index is 0.0412. The van der Waals surface area contributed by atoms with Crippen LogP contribution in [0.5, 0.6) is 0 Å². The number of nitrogens with two attached hydrogens (primary N) is 1. The van der Waals surface area contributed by atoms with Crippen LogP contribution in [0.25, 0.3) is 10.4 Å². The first-order valence-corrected chi connectivity index (χ1v) is 12.2. The Bertz CT molecular complexity index is 1490. The molecule has 1 aliphatic heterocycles. The maximum Gasteiger partial charge on any atom is 0.273 e. The van der Waals surface area contributed by atoms with Crippen molar-refractivity contribution in [2.24, 2.45) is 10.7 Å². The highest BCUT2D eigenvalue weighted by Crippen LogP contribution is 2.36. The second kappa shape index (κ2) is 10.4. The second-order valence-electron chi connectivity index (χ2n) is 8.40. The molecule has 0 saturated carbocycles. The van der Waals surface area contributed by atoms with E-state index in [1.165, 1.54) is 24.5 Å². The van der Waals surface area contributed by atoms with Crippen LogP contribution in [0.15, 0.2) is 65.9 Å². The van der Waals surface area contributed by atoms with Gasteiger partial charge in [0.25, 0.3) is 5.91 Å². The van der Waals surface area contributed by atoms with Crippen LogP contribution >= 0.6 is 11.3 Å². The van der Waals surface area contributed by atoms with Gasteiger partial charge in [0.15, 0.2) is 23.1 Å². The minimum Gasteiger partial charge on any atom is -0.363 e. The van der Waals surface area contributed by atoms with Crippen molar-refractivity contribution in [2.75, 3.05) is 12.4 Å². The number of anilines is 1. The SMILES string of the molecule is CN1C=Nc2ccc(-c3ccc(CNc4nccnc4C(=O)NCc4cccc(F)c4F)s3)cc2C1N. The number of hydrogen-bond acceptors (Lipinski definition) is 8. The van der Waals surface area contributed by atoms with E-state index in [0.717, 1.165) is 32.6 Å². The highest BCUT2D eigenvalue weighted by atomic mass is 32.1. The Morgan fingerprint density at radius 2 is 1.95 bits per heavy atom. The van der Waals surface area contributed by atoms with Crippen LogP contribution in [0.1, 0.15) is 32.7 Å². The van der Waals surface area contributed by atoms with E-state index in [4.69, 9.17) is 5.73 Å². The zero-order chi connectivity index (χ0) is 25.9. The molecule has 0 fully saturated rings. The summed E-state index contributed by atoms with van der Waals surface area (Å²) in [6.07, 6.45) is 4.34. The molecule has 188 valence electrons. The van der Waals surface area contributed by atoms with E-state index in [1.54, 1.807) is 17.7 Å². The van der Waals surface area contributed by atoms with Crippen molar-refractivity contribution < 1.29 is 13.6 Å². The summed E-state index contributed by atoms with van der Waals surface area (Å²) in [5.41, 5.74) is 9.28. The molecule has 1 aliphatic rings. The molecule has 1 unspecified atom stereocenters. The van der Waals surface area contributed by atoms with Gasteiger partial charge in [0.05, 0.1) is 18.6 Å². The average Bonchev–Trinajstić information content (AvgIpc) is 3.39. The zero-order valence-corrected chi connectivity index (χ0v) is 20.6. The van der Waals surface area contributed by atoms with Crippen molar-refractivity contribution in [1.29, 1.82) is 0 Å². The summed E-state index contributed by atoms with van der Waals surface area (Å²) in [5.74, 6) is -2.23. The maximum absolute atomic E-state index is 13.9. The number of benzene rings is 2. The molecule has 0 saturated heterocycles. The van der Waals surface area contributed by atoms with Gasteiger partial charge in [-0.1, -0.05) is 18.2 Å². The van der Waals surface area contributed by atoms with Crippen molar-refractivity contribution in [3.8, 4) is 10.4 Å². The van der Waals surface area contributed by atoms with Crippen molar-refractivity contribution in [1.82, 2.24) is 20.2 Å². The zero-order valence-electron chi connectivity index (χ0n) is 19.8. The monoisotopic (exact) mass is 519 g/mol. The van der Waals surface area contributed by atoms with Gasteiger partial charge >= 0.3 is 0 Å². The van der Waals surface area contributed by atoms with E-state index < -0.39 is 17.5 Å². The fourth-order valence-electron chi connectivity index (χ4n) is 3.88. The molecule has 1 amide bonds. The predicted molar refractivity (Wildman–Crippen MR) is 139 cm³/mol. The van der Waals surface area contributed by atoms with E-state index in [0.29, 0.717) is 6.54 Å². The van der Waals surface area contributed by atoms with Gasteiger partial charge < -0.3 is 21.3 Å². The van der Waals surface area contributed by atoms with Crippen LogP contribution in [-0.2, 0) is 13.1 Å². The quantitative estimate of drug-likeness (QED) is 0.330. The number of nitrogens with zero attached hydrogens (tertiary/aromatic N) is 4. The lowest BCUT2D eigenvalue weighted by atomic mass is 10.0. The van der Waals surface area contributed by atoms with E-state index >= 15 is 0 Å². The van der Waals surface area contributed by atoms with Crippen molar-refractivity contribution in [2.45, 2.75) is 19.3 Å². The Morgan fingerprint density at radius 3 is 2.81 bits per heavy atom. The third-order valence-electron chi connectivity index (χ3n) is 5.92. The predicted octanol–water partition coefficient (Wildman–Crippen LogP) is 4.59. The fraction of sp³-hybridized carbons (Fsp3) is 0.154. The summed E-state index contributed by atoms with van der Waals surface area (Å²) in [4.78, 5) is 29.4. The number of halogens is 2. The Hall–Kier alpha value is -4.22. The highest BCUT2D eigenvalue weighted by molar-refractivity contribution is 7.15. The number of thiophene rings is 1. The number of nitrogens with one attached hydrogen (secondary N) is 2. The molecule has 0 radical (unpaired) electrons. The summed E-state index contributed by atoms with van der Waals surface area (Å²) >= 11 is 1.60. The fourth-order valence-corrected chi connectivity index (χ4v) is 4.83. The Kier molecular flexibility index (Phi) is 6.89. The van der Waals surface area contributed by atoms with Crippen LogP contribution < -0.4 is 16.4 Å². The van der Waals surface area contributed by atoms with Crippen molar-refractivity contribution >= 4 is 35.1 Å². The van der Waals surface area contributed by atoms with Gasteiger partial charge in [-0.2, -0.15) is 0 Å². The number of aromatic nitrogens is 2. The number of carbonyl (C=O) groups excluding carboxylic acids is 1. The van der Waals surface area contributed by atoms with E-state index in [2.05, 4.69) is 31.7 Å². The molecule has 5 rings (SSSR count). The lowest BCUT2D eigenvalue weighted by Gasteiger charge is -2.27. The maximum atomic E-state index is 13.9. The summed E-state index contributed by atoms with van der Waals surface area (Å²) in [6, 6.07) is 13.9. The molecule has 37 heavy (non-hydrogen) atoms. The van der Waals surface area contributed by atoms with Crippen LogP contribution in [0.3, 0.4) is 0 Å². The van der Waals surface area contributed by atoms with Crippen molar-refractivity contribution in [3.05, 3.63) is 94.3 Å². The molecular weight excluding hydrogens is 496 g/mol. The molecular formula is C26H23F2N7OS. The smallest absolute Gasteiger partial charge is 0.273 e. The van der Waals surface area contributed by atoms with E-state index in [9.17, 15) is 13.6 Å². The number of aliphatic imine (C=N–C) groups is 1. The van der Waals surface area contributed by atoms with E-state index in [1.807, 2.05) is 36.2 Å². The third kappa shape index (κ3) is 5.18. The molecule has 0 spiro atoms. The number of hydrogen-bond donors (Lipinski definition) is 3. The Balaban J connectivity index is 1.26. The first-order chi connectivity index (χ1) is 17.9. The molecule has 8 nitrogen and oxygen atoms in total. The minimum atomic E-state index is -0.991. The number of fused-ring (bicyclic) bond motifs is 1. The summed E-state index contributed by atoms with van der Waals surface area (Å²) < 4.78 is 27.3. The highest BCUT2D eigenvalue weighted by Gasteiger charge is 2.19. The lowest BCUT2D eigenvalue weighted by Crippen LogP contribution is -2.32. The summed E-state index contributed by atoms with van der Waals surface area (Å²) in [5, 5.41) is 5.72. The topological polar surface area (TPSA) is 109 Å². The molecule has 3 heterocycles. The van der Waals surface area contributed by atoms with Gasteiger partial charge in [0, 0.05) is 46.9 Å². The first-order valence-electron chi connectivity index (χ1n) is 11.4. The van der Waals surface area contributed by atoms with Gasteiger partial charge in [-0.3, -0.25) is 4.79 Å². The standard InChI is InChI=1S/C26H23F2N7OS/c1-35-14-34-20-7-5-15(11-18(20)24(35)29)21-8-6-17(37-21)13-32-25-23(30-9-10-31-25)26(36)33-12-16-3-2-4-19(27)22(16)28/h2-11,14,24H,12-13,29H2,1H3,(H,31,32)(H,33,36). The molecule has 11 heteroatoms. The van der Waals surface area contributed by atoms with Crippen LogP contribution in [0.4, 0.5) is 20.3 Å². The molecule has 2 aromatic carbocycles. The van der Waals surface area contributed by atoms with Crippen molar-refractivity contribution in [3.63, 3.8) is 0 Å². The van der Waals surface area contributed by atoms with Crippen LogP contribution in [-0.4, -0.2) is 34.2 Å². The van der Waals surface area contributed by atoms with Gasteiger partial charge in [0.2, 0.25) is 0 Å². The van der Waals surface area contributed by atoms with Gasteiger partial charge in [0.1, 0.15) is 6.17 Å². The molecule has 0 aliphatic carbocycles. The van der Waals surface area contributed by atoms with Crippen LogP contribution in [0, 0.1) is 11.6 Å². The molecule has 2 aromatic heterocycles. The Labute approximate surface area is 215 Å². The molecule has 1 atom stereocenters. The van der Waals surface area contributed by atoms with Gasteiger partial charge in [-0.05, 0) is 35.9 Å². The molecule has 0 bridgehead atoms. The van der Waals surface area contributed by atoms with E-state index in [-0.39, 0.29) is 29.8 Å². The first kappa shape index (κ1) is 24.5. The second-order valence-corrected chi connectivity index (χ2v) is 9.57. The summed E-state index contributed by atoms with van der Waals surface area (Å²) in [7, 11) is 1.89. The van der Waals surface area contributed by atoms with Gasteiger partial charge in [-0.15, -0.1) is 11.3 Å². The number of amides is 1. The molecule has 4 aromatic rings. The van der Waals surface area contributed by atoms with Crippen LogP contribution in [0.2, 0.25) is 0 Å². The normalized spacial score (nSPS) is 14.4. The molecule has 4 N–H and O–H groups in total. The largest absolute Gasteiger partial charge is 0.363 e.